The first-order valence-corrected chi connectivity index (χ1v) is 10.3. The Morgan fingerprint density at radius 1 is 1.16 bits per heavy atom. The van der Waals surface area contributed by atoms with Crippen LogP contribution in [0.25, 0.3) is 11.4 Å². The molecule has 0 saturated carbocycles. The highest BCUT2D eigenvalue weighted by atomic mass is 32.1. The summed E-state index contributed by atoms with van der Waals surface area (Å²) in [6.07, 6.45) is 3.24. The normalized spacial score (nSPS) is 18.3. The van der Waals surface area contributed by atoms with Gasteiger partial charge < -0.3 is 5.11 Å². The van der Waals surface area contributed by atoms with Crippen molar-refractivity contribution in [3.63, 3.8) is 0 Å². The molecular weight excluding hydrogens is 419 g/mol. The molecule has 4 aromatic rings. The zero-order chi connectivity index (χ0) is 21.7. The Kier molecular flexibility index (Phi) is 4.40. The molecule has 9 heteroatoms. The number of fused-ring (bicyclic) bond motifs is 1. The van der Waals surface area contributed by atoms with Crippen LogP contribution < -0.4 is 4.90 Å². The number of thiazole rings is 1. The third kappa shape index (κ3) is 2.93. The van der Waals surface area contributed by atoms with Gasteiger partial charge in [-0.3, -0.25) is 18.9 Å². The second-order valence-electron chi connectivity index (χ2n) is 7.01. The van der Waals surface area contributed by atoms with Crippen molar-refractivity contribution in [2.24, 2.45) is 0 Å². The van der Waals surface area contributed by atoms with Gasteiger partial charge in [-0.15, -0.1) is 11.3 Å². The third-order valence-corrected chi connectivity index (χ3v) is 5.95. The number of aliphatic hydroxyl groups excluding tert-OH is 1. The first-order chi connectivity index (χ1) is 15.0. The van der Waals surface area contributed by atoms with Crippen molar-refractivity contribution in [3.8, 4) is 0 Å². The van der Waals surface area contributed by atoms with Gasteiger partial charge in [0.1, 0.15) is 17.2 Å². The number of halogens is 1. The van der Waals surface area contributed by atoms with Crippen LogP contribution >= 0.6 is 11.3 Å². The molecule has 1 atom stereocenters. The van der Waals surface area contributed by atoms with Gasteiger partial charge >= 0.3 is 5.91 Å². The minimum Gasteiger partial charge on any atom is -0.505 e. The lowest BCUT2D eigenvalue weighted by atomic mass is 9.96. The molecule has 3 aromatic heterocycles. The van der Waals surface area contributed by atoms with Crippen molar-refractivity contribution in [1.82, 2.24) is 14.4 Å². The Balaban J connectivity index is 1.79. The summed E-state index contributed by atoms with van der Waals surface area (Å²) in [6, 6.07) is 9.87. The van der Waals surface area contributed by atoms with Gasteiger partial charge in [0.05, 0.1) is 17.3 Å². The largest absolute Gasteiger partial charge is 0.505 e. The summed E-state index contributed by atoms with van der Waals surface area (Å²) in [5.74, 6) is -2.44. The molecule has 0 aliphatic carbocycles. The number of amides is 1. The fourth-order valence-corrected chi connectivity index (χ4v) is 4.52. The standard InChI is InChI=1S/C22H15FN4O3S/c1-12-17(26-10-3-2-4-15(26)25-12)19(28)16-18(13-5-7-14(23)8-6-13)27(21(30)20(16)29)22-24-9-11-31-22/h2-11,18,28H,1H3. The molecule has 1 aliphatic heterocycles. The van der Waals surface area contributed by atoms with Gasteiger partial charge in [0.2, 0.25) is 0 Å². The number of carbonyl (C=O) groups excluding carboxylic acids is 2. The second-order valence-corrected chi connectivity index (χ2v) is 7.88. The highest BCUT2D eigenvalue weighted by Gasteiger charge is 2.48. The zero-order valence-corrected chi connectivity index (χ0v) is 17.0. The second kappa shape index (κ2) is 7.13. The fraction of sp³-hybridized carbons (Fsp3) is 0.0909. The SMILES string of the molecule is Cc1nc2ccccn2c1C(O)=C1C(=O)C(=O)N(c2nccs2)C1c1ccc(F)cc1. The van der Waals surface area contributed by atoms with E-state index >= 15 is 0 Å². The van der Waals surface area contributed by atoms with Crippen molar-refractivity contribution in [1.29, 1.82) is 0 Å². The van der Waals surface area contributed by atoms with Gasteiger partial charge in [0.25, 0.3) is 5.78 Å². The first-order valence-electron chi connectivity index (χ1n) is 9.37. The van der Waals surface area contributed by atoms with E-state index in [-0.39, 0.29) is 11.3 Å². The average Bonchev–Trinajstić information content (AvgIpc) is 3.45. The number of rotatable bonds is 3. The number of carbonyl (C=O) groups is 2. The fourth-order valence-electron chi connectivity index (χ4n) is 3.85. The molecule has 31 heavy (non-hydrogen) atoms. The number of nitrogens with zero attached hydrogens (tertiary/aromatic N) is 4. The van der Waals surface area contributed by atoms with Gasteiger partial charge in [-0.25, -0.2) is 14.4 Å². The minimum absolute atomic E-state index is 0.0967. The molecule has 5 rings (SSSR count). The van der Waals surface area contributed by atoms with Crippen LogP contribution in [0.4, 0.5) is 9.52 Å². The predicted molar refractivity (Wildman–Crippen MR) is 113 cm³/mol. The number of hydrogen-bond donors (Lipinski definition) is 1. The maximum absolute atomic E-state index is 13.6. The molecule has 0 bridgehead atoms. The van der Waals surface area contributed by atoms with E-state index in [0.717, 1.165) is 0 Å². The van der Waals surface area contributed by atoms with E-state index < -0.39 is 23.5 Å². The van der Waals surface area contributed by atoms with E-state index in [1.807, 2.05) is 6.07 Å². The van der Waals surface area contributed by atoms with E-state index in [9.17, 15) is 19.1 Å². The van der Waals surface area contributed by atoms with Crippen LogP contribution in [0.3, 0.4) is 0 Å². The van der Waals surface area contributed by atoms with E-state index in [1.54, 1.807) is 35.0 Å². The number of imidazole rings is 1. The molecule has 0 radical (unpaired) electrons. The van der Waals surface area contributed by atoms with Gasteiger partial charge in [-0.05, 0) is 36.8 Å². The van der Waals surface area contributed by atoms with Crippen LogP contribution in [0, 0.1) is 12.7 Å². The van der Waals surface area contributed by atoms with Crippen LogP contribution in [0.1, 0.15) is 23.0 Å². The molecule has 1 saturated heterocycles. The Bertz CT molecular complexity index is 1360. The number of anilines is 1. The number of aromatic nitrogens is 3. The molecular formula is C22H15FN4O3S. The van der Waals surface area contributed by atoms with Gasteiger partial charge in [0.15, 0.2) is 10.9 Å². The Morgan fingerprint density at radius 3 is 2.65 bits per heavy atom. The van der Waals surface area contributed by atoms with Crippen LogP contribution in [-0.2, 0) is 9.59 Å². The Morgan fingerprint density at radius 2 is 1.94 bits per heavy atom. The van der Waals surface area contributed by atoms with Crippen LogP contribution in [-0.4, -0.2) is 31.2 Å². The molecule has 1 fully saturated rings. The summed E-state index contributed by atoms with van der Waals surface area (Å²) < 4.78 is 15.2. The molecule has 1 aromatic carbocycles. The van der Waals surface area contributed by atoms with Crippen molar-refractivity contribution < 1.29 is 19.1 Å². The lowest BCUT2D eigenvalue weighted by molar-refractivity contribution is -0.132. The quantitative estimate of drug-likeness (QED) is 0.301. The summed E-state index contributed by atoms with van der Waals surface area (Å²) in [6.45, 7) is 1.71. The number of Topliss-reactive ketones (excluding diaryl/α,β-unsaturated/α-hetero) is 1. The molecule has 154 valence electrons. The molecule has 1 amide bonds. The molecule has 7 nitrogen and oxygen atoms in total. The summed E-state index contributed by atoms with van der Waals surface area (Å²) in [5.41, 5.74) is 1.79. The maximum atomic E-state index is 13.6. The number of hydrogen-bond acceptors (Lipinski definition) is 6. The highest BCUT2D eigenvalue weighted by Crippen LogP contribution is 2.43. The monoisotopic (exact) mass is 434 g/mol. The highest BCUT2D eigenvalue weighted by molar-refractivity contribution is 7.14. The van der Waals surface area contributed by atoms with Gasteiger partial charge in [0, 0.05) is 17.8 Å². The number of aryl methyl sites for hydroxylation is 1. The smallest absolute Gasteiger partial charge is 0.301 e. The van der Waals surface area contributed by atoms with E-state index in [2.05, 4.69) is 9.97 Å². The molecule has 4 heterocycles. The minimum atomic E-state index is -0.958. The number of aliphatic hydroxyl groups is 1. The molecule has 0 spiro atoms. The maximum Gasteiger partial charge on any atom is 0.301 e. The lowest BCUT2D eigenvalue weighted by Gasteiger charge is -2.22. The Labute approximate surface area is 179 Å². The zero-order valence-electron chi connectivity index (χ0n) is 16.2. The van der Waals surface area contributed by atoms with E-state index in [4.69, 9.17) is 0 Å². The van der Waals surface area contributed by atoms with Crippen LogP contribution in [0.2, 0.25) is 0 Å². The summed E-state index contributed by atoms with van der Waals surface area (Å²) in [5, 5.41) is 13.3. The summed E-state index contributed by atoms with van der Waals surface area (Å²) >= 11 is 1.19. The molecule has 1 N–H and O–H groups in total. The first kappa shape index (κ1) is 19.1. The van der Waals surface area contributed by atoms with Gasteiger partial charge in [-0.2, -0.15) is 0 Å². The van der Waals surface area contributed by atoms with Crippen LogP contribution in [0.5, 0.6) is 0 Å². The van der Waals surface area contributed by atoms with E-state index in [0.29, 0.717) is 27.7 Å². The summed E-state index contributed by atoms with van der Waals surface area (Å²) in [4.78, 5) is 35.9. The topological polar surface area (TPSA) is 87.8 Å². The third-order valence-electron chi connectivity index (χ3n) is 5.18. The van der Waals surface area contributed by atoms with Crippen molar-refractivity contribution in [2.75, 3.05) is 4.90 Å². The Hall–Kier alpha value is -3.85. The predicted octanol–water partition coefficient (Wildman–Crippen LogP) is 3.86. The average molecular weight is 434 g/mol. The van der Waals surface area contributed by atoms with E-state index in [1.165, 1.54) is 46.7 Å². The molecule has 1 unspecified atom stereocenters. The van der Waals surface area contributed by atoms with Gasteiger partial charge in [-0.1, -0.05) is 18.2 Å². The summed E-state index contributed by atoms with van der Waals surface area (Å²) in [7, 11) is 0. The number of benzene rings is 1. The molecule has 1 aliphatic rings. The van der Waals surface area contributed by atoms with Crippen molar-refractivity contribution in [3.05, 3.63) is 88.6 Å². The number of pyridine rings is 1. The van der Waals surface area contributed by atoms with Crippen molar-refractivity contribution >= 4 is 39.6 Å². The lowest BCUT2D eigenvalue weighted by Crippen LogP contribution is -2.29. The van der Waals surface area contributed by atoms with Crippen molar-refractivity contribution in [2.45, 2.75) is 13.0 Å². The number of ketones is 1. The van der Waals surface area contributed by atoms with Crippen LogP contribution in [0.15, 0.2) is 65.8 Å².